The molecule has 7 heterocycles. The molecule has 1 saturated heterocycles. The van der Waals surface area contributed by atoms with Crippen molar-refractivity contribution in [2.24, 2.45) is 17.8 Å². The van der Waals surface area contributed by atoms with E-state index in [1.807, 2.05) is 11.1 Å². The maximum Gasteiger partial charge on any atom is 0.104 e. The van der Waals surface area contributed by atoms with E-state index in [1.54, 1.807) is 33.7 Å². The lowest BCUT2D eigenvalue weighted by atomic mass is 9.55. The third-order valence-corrected chi connectivity index (χ3v) is 11.3. The molecule has 7 aliphatic heterocycles. The molecule has 3 heteroatoms. The van der Waals surface area contributed by atoms with Gasteiger partial charge in [-0.15, -0.1) is 0 Å². The van der Waals surface area contributed by atoms with E-state index < -0.39 is 0 Å². The number of benzene rings is 1. The van der Waals surface area contributed by atoms with Crippen molar-refractivity contribution in [3.05, 3.63) is 69.1 Å². The zero-order valence-corrected chi connectivity index (χ0v) is 18.1. The molecule has 30 heavy (non-hydrogen) atoms. The predicted molar refractivity (Wildman–Crippen MR) is 119 cm³/mol. The van der Waals surface area contributed by atoms with Gasteiger partial charge >= 0.3 is 0 Å². The molecule has 1 aromatic carbocycles. The van der Waals surface area contributed by atoms with Crippen LogP contribution in [0, 0.1) is 17.8 Å². The van der Waals surface area contributed by atoms with E-state index in [0.29, 0.717) is 29.8 Å². The smallest absolute Gasteiger partial charge is 0.104 e. The fourth-order valence-electron chi connectivity index (χ4n) is 9.02. The minimum absolute atomic E-state index is 0.318. The molecular weight excluding hydrogens is 386 g/mol. The van der Waals surface area contributed by atoms with Crippen LogP contribution >= 0.6 is 11.8 Å². The summed E-state index contributed by atoms with van der Waals surface area (Å²) >= 11 is 2.24. The standard InChI is InChI=1S/C27H27NOS/c1-2-4-15-14(3-1)16-6-7-17(15)25-22(16)18-9-10-28(25)26-19-11-29-27(23(18)26)24-20-8-5-13(12-30-20)21(19)24/h1-4,13,16-20,27H,5-12H2. The van der Waals surface area contributed by atoms with Crippen LogP contribution in [-0.2, 0) is 4.74 Å². The molecule has 7 atom stereocenters. The van der Waals surface area contributed by atoms with Gasteiger partial charge in [0.15, 0.2) is 0 Å². The molecule has 8 bridgehead atoms. The minimum atomic E-state index is 0.318. The summed E-state index contributed by atoms with van der Waals surface area (Å²) in [6.45, 7) is 2.20. The molecule has 152 valence electrons. The molecular formula is C27H27NOS. The Bertz CT molecular complexity index is 1030. The molecule has 1 aromatic rings. The molecule has 0 spiro atoms. The van der Waals surface area contributed by atoms with Gasteiger partial charge in [-0.3, -0.25) is 0 Å². The predicted octanol–water partition coefficient (Wildman–Crippen LogP) is 5.36. The molecule has 13 rings (SSSR count). The van der Waals surface area contributed by atoms with Crippen LogP contribution in [0.3, 0.4) is 0 Å². The first-order valence-corrected chi connectivity index (χ1v) is 13.3. The van der Waals surface area contributed by atoms with E-state index in [-0.39, 0.29) is 0 Å². The summed E-state index contributed by atoms with van der Waals surface area (Å²) in [5, 5.41) is 0.749. The van der Waals surface area contributed by atoms with E-state index in [1.165, 1.54) is 44.4 Å². The summed E-state index contributed by atoms with van der Waals surface area (Å²) in [7, 11) is 0. The molecule has 0 saturated carbocycles. The Hall–Kier alpha value is -1.45. The van der Waals surface area contributed by atoms with Gasteiger partial charge in [-0.2, -0.15) is 11.8 Å². The average molecular weight is 414 g/mol. The van der Waals surface area contributed by atoms with E-state index in [4.69, 9.17) is 4.74 Å². The van der Waals surface area contributed by atoms with E-state index in [0.717, 1.165) is 17.8 Å². The molecule has 0 radical (unpaired) electrons. The monoisotopic (exact) mass is 413 g/mol. The summed E-state index contributed by atoms with van der Waals surface area (Å²) in [4.78, 5) is 2.87. The Morgan fingerprint density at radius 2 is 1.60 bits per heavy atom. The fraction of sp³-hybridized carbons (Fsp3) is 0.556. The highest BCUT2D eigenvalue weighted by Crippen LogP contribution is 2.66. The molecule has 5 aliphatic carbocycles. The number of ether oxygens (including phenoxy) is 1. The van der Waals surface area contributed by atoms with Gasteiger partial charge in [0.25, 0.3) is 0 Å². The molecule has 0 amide bonds. The number of hydrogen-bond acceptors (Lipinski definition) is 3. The Labute approximate surface area is 182 Å². The molecule has 12 aliphatic rings. The molecule has 2 nitrogen and oxygen atoms in total. The van der Waals surface area contributed by atoms with Crippen molar-refractivity contribution in [3.8, 4) is 0 Å². The average Bonchev–Trinajstić information content (AvgIpc) is 2.86. The second kappa shape index (κ2) is 5.30. The number of allylic oxidation sites excluding steroid dienone is 2. The van der Waals surface area contributed by atoms with Gasteiger partial charge in [0.1, 0.15) is 6.10 Å². The maximum atomic E-state index is 6.67. The second-order valence-corrected chi connectivity index (χ2v) is 12.0. The maximum absolute atomic E-state index is 6.67. The van der Waals surface area contributed by atoms with E-state index >= 15 is 0 Å². The first-order valence-electron chi connectivity index (χ1n) is 12.2. The first kappa shape index (κ1) is 16.2. The van der Waals surface area contributed by atoms with Crippen LogP contribution in [0.2, 0.25) is 0 Å². The van der Waals surface area contributed by atoms with Crippen molar-refractivity contribution in [3.63, 3.8) is 0 Å². The van der Waals surface area contributed by atoms with Gasteiger partial charge in [-0.25, -0.2) is 0 Å². The molecule has 0 aromatic heterocycles. The quantitative estimate of drug-likeness (QED) is 0.532. The van der Waals surface area contributed by atoms with Crippen LogP contribution in [0.4, 0.5) is 0 Å². The Morgan fingerprint density at radius 1 is 0.767 bits per heavy atom. The van der Waals surface area contributed by atoms with Gasteiger partial charge < -0.3 is 9.64 Å². The zero-order chi connectivity index (χ0) is 19.1. The summed E-state index contributed by atoms with van der Waals surface area (Å²) in [5.41, 5.74) is 14.0. The van der Waals surface area contributed by atoms with Gasteiger partial charge in [0, 0.05) is 52.6 Å². The van der Waals surface area contributed by atoms with Crippen molar-refractivity contribution < 1.29 is 4.74 Å². The highest BCUT2D eigenvalue weighted by Gasteiger charge is 2.59. The third-order valence-electron chi connectivity index (χ3n) is 9.86. The summed E-state index contributed by atoms with van der Waals surface area (Å²) in [5.74, 6) is 4.74. The highest BCUT2D eigenvalue weighted by atomic mass is 32.2. The highest BCUT2D eigenvalue weighted by molar-refractivity contribution is 8.00. The van der Waals surface area contributed by atoms with Gasteiger partial charge in [0.2, 0.25) is 0 Å². The topological polar surface area (TPSA) is 12.5 Å². The van der Waals surface area contributed by atoms with Crippen LogP contribution < -0.4 is 0 Å². The largest absolute Gasteiger partial charge is 0.368 e. The van der Waals surface area contributed by atoms with E-state index in [9.17, 15) is 0 Å². The molecule has 7 unspecified atom stereocenters. The fourth-order valence-corrected chi connectivity index (χ4v) is 10.6. The number of hydrogen-bond donors (Lipinski definition) is 0. The van der Waals surface area contributed by atoms with Crippen LogP contribution in [0.15, 0.2) is 58.0 Å². The summed E-state index contributed by atoms with van der Waals surface area (Å²) in [6, 6.07) is 9.40. The number of fused-ring (bicyclic) bond motifs is 5. The number of rotatable bonds is 0. The van der Waals surface area contributed by atoms with Crippen LogP contribution in [0.1, 0.15) is 55.1 Å². The van der Waals surface area contributed by atoms with Gasteiger partial charge in [-0.05, 0) is 65.9 Å². The normalized spacial score (nSPS) is 43.9. The Kier molecular flexibility index (Phi) is 2.86. The SMILES string of the molecule is c1ccc2c(c1)C1CCC2C2=C1C1CCN2C2=C1C1OCC2C2=C1C1CCC2CS1. The third kappa shape index (κ3) is 1.65. The first-order chi connectivity index (χ1) is 14.9. The van der Waals surface area contributed by atoms with Crippen molar-refractivity contribution >= 4 is 11.8 Å². The molecule has 0 N–H and O–H groups in total. The summed E-state index contributed by atoms with van der Waals surface area (Å²) in [6.07, 6.45) is 7.17. The Balaban J connectivity index is 1.25. The van der Waals surface area contributed by atoms with Crippen molar-refractivity contribution in [1.82, 2.24) is 4.90 Å². The summed E-state index contributed by atoms with van der Waals surface area (Å²) < 4.78 is 6.67. The van der Waals surface area contributed by atoms with Crippen molar-refractivity contribution in [2.75, 3.05) is 18.9 Å². The van der Waals surface area contributed by atoms with Crippen LogP contribution in [-0.4, -0.2) is 35.2 Å². The molecule has 1 fully saturated rings. The van der Waals surface area contributed by atoms with Crippen LogP contribution in [0.25, 0.3) is 0 Å². The van der Waals surface area contributed by atoms with Crippen molar-refractivity contribution in [2.45, 2.75) is 55.3 Å². The van der Waals surface area contributed by atoms with Crippen LogP contribution in [0.5, 0.6) is 0 Å². The minimum Gasteiger partial charge on any atom is -0.368 e. The lowest BCUT2D eigenvalue weighted by Gasteiger charge is -2.62. The van der Waals surface area contributed by atoms with E-state index in [2.05, 4.69) is 40.9 Å². The lowest BCUT2D eigenvalue weighted by molar-refractivity contribution is 0.0139. The van der Waals surface area contributed by atoms with Crippen molar-refractivity contribution in [1.29, 1.82) is 0 Å². The Morgan fingerprint density at radius 3 is 2.47 bits per heavy atom. The second-order valence-electron chi connectivity index (χ2n) is 10.8. The lowest BCUT2D eigenvalue weighted by Crippen LogP contribution is -2.57. The zero-order valence-electron chi connectivity index (χ0n) is 17.3. The number of thioether (sulfide) groups is 1. The number of nitrogens with zero attached hydrogens (tertiary/aromatic N) is 1. The van der Waals surface area contributed by atoms with Gasteiger partial charge in [0.05, 0.1) is 6.61 Å². The van der Waals surface area contributed by atoms with Gasteiger partial charge in [-0.1, -0.05) is 29.8 Å².